The van der Waals surface area contributed by atoms with Gasteiger partial charge in [-0.2, -0.15) is 0 Å². The first kappa shape index (κ1) is 14.2. The summed E-state index contributed by atoms with van der Waals surface area (Å²) in [6.07, 6.45) is 3.92. The Morgan fingerprint density at radius 1 is 0.889 bits per heavy atom. The molecule has 5 nitrogen and oxygen atoms in total. The van der Waals surface area contributed by atoms with E-state index in [4.69, 9.17) is 23.7 Å². The zero-order valence-electron chi connectivity index (χ0n) is 11.1. The van der Waals surface area contributed by atoms with Crippen molar-refractivity contribution in [3.63, 3.8) is 0 Å². The van der Waals surface area contributed by atoms with Gasteiger partial charge in [0.25, 0.3) is 0 Å². The number of hydrogen-bond acceptors (Lipinski definition) is 5. The molecule has 4 heterocycles. The molecule has 3 unspecified atom stereocenters. The van der Waals surface area contributed by atoms with Crippen molar-refractivity contribution in [1.29, 1.82) is 0 Å². The molecule has 0 radical (unpaired) electrons. The van der Waals surface area contributed by atoms with E-state index in [9.17, 15) is 0 Å². The first-order valence-corrected chi connectivity index (χ1v) is 6.85. The van der Waals surface area contributed by atoms with Crippen LogP contribution in [0.4, 0.5) is 0 Å². The molecule has 3 atom stereocenters. The van der Waals surface area contributed by atoms with Crippen LogP contribution in [0.2, 0.25) is 0 Å². The third-order valence-corrected chi connectivity index (χ3v) is 2.74. The van der Waals surface area contributed by atoms with Crippen molar-refractivity contribution >= 4 is 0 Å². The van der Waals surface area contributed by atoms with Crippen LogP contribution in [0.1, 0.15) is 19.8 Å². The van der Waals surface area contributed by atoms with Crippen LogP contribution in [-0.4, -0.2) is 64.6 Å². The predicted molar refractivity (Wildman–Crippen MR) is 65.8 cm³/mol. The molecule has 0 N–H and O–H groups in total. The minimum Gasteiger partial charge on any atom is -0.381 e. The van der Waals surface area contributed by atoms with Gasteiger partial charge in [0.05, 0.1) is 39.1 Å². The van der Waals surface area contributed by atoms with Crippen molar-refractivity contribution in [2.24, 2.45) is 0 Å². The van der Waals surface area contributed by atoms with Crippen LogP contribution in [0, 0.1) is 0 Å². The van der Waals surface area contributed by atoms with Gasteiger partial charge in [-0.1, -0.05) is 0 Å². The summed E-state index contributed by atoms with van der Waals surface area (Å²) in [4.78, 5) is 0. The molecule has 0 aromatic rings. The smallest absolute Gasteiger partial charge is 0.104 e. The molecule has 0 bridgehead atoms. The highest BCUT2D eigenvalue weighted by atomic mass is 16.6. The van der Waals surface area contributed by atoms with Crippen molar-refractivity contribution in [2.75, 3.05) is 46.2 Å². The molecule has 0 spiro atoms. The topological polar surface area (TPSA) is 56.0 Å². The Labute approximate surface area is 109 Å². The highest BCUT2D eigenvalue weighted by Gasteiger charge is 2.26. The van der Waals surface area contributed by atoms with E-state index in [1.54, 1.807) is 0 Å². The van der Waals surface area contributed by atoms with Crippen molar-refractivity contribution in [3.8, 4) is 0 Å². The molecule has 5 heteroatoms. The SMILES string of the molecule is C(OCC1CO1)C1CO1.C1CCOC1.CC1CO1. The van der Waals surface area contributed by atoms with Crippen molar-refractivity contribution in [1.82, 2.24) is 0 Å². The van der Waals surface area contributed by atoms with Crippen LogP contribution in [0.15, 0.2) is 0 Å². The summed E-state index contributed by atoms with van der Waals surface area (Å²) in [7, 11) is 0. The van der Waals surface area contributed by atoms with Gasteiger partial charge in [-0.05, 0) is 19.8 Å². The van der Waals surface area contributed by atoms with Crippen LogP contribution in [0.25, 0.3) is 0 Å². The second-order valence-electron chi connectivity index (χ2n) is 4.91. The Hall–Kier alpha value is -0.200. The summed E-state index contributed by atoms with van der Waals surface area (Å²) in [6.45, 7) is 8.30. The third-order valence-electron chi connectivity index (χ3n) is 2.74. The van der Waals surface area contributed by atoms with E-state index >= 15 is 0 Å². The molecule has 4 rings (SSSR count). The van der Waals surface area contributed by atoms with Gasteiger partial charge in [-0.15, -0.1) is 0 Å². The summed E-state index contributed by atoms with van der Waals surface area (Å²) in [5, 5.41) is 0. The van der Waals surface area contributed by atoms with Gasteiger partial charge in [0.15, 0.2) is 0 Å². The van der Waals surface area contributed by atoms with E-state index in [1.807, 2.05) is 0 Å². The fraction of sp³-hybridized carbons (Fsp3) is 1.00. The van der Waals surface area contributed by atoms with Gasteiger partial charge in [0, 0.05) is 13.2 Å². The molecule has 0 aliphatic carbocycles. The Kier molecular flexibility index (Phi) is 6.37. The van der Waals surface area contributed by atoms with E-state index in [0.29, 0.717) is 18.3 Å². The fourth-order valence-corrected chi connectivity index (χ4v) is 1.27. The predicted octanol–water partition coefficient (Wildman–Crippen LogP) is 1.00. The van der Waals surface area contributed by atoms with Crippen LogP contribution >= 0.6 is 0 Å². The van der Waals surface area contributed by atoms with Gasteiger partial charge in [-0.3, -0.25) is 0 Å². The van der Waals surface area contributed by atoms with Crippen molar-refractivity contribution in [2.45, 2.75) is 38.1 Å². The average molecular weight is 260 g/mol. The normalized spacial score (nSPS) is 34.8. The van der Waals surface area contributed by atoms with Crippen molar-refractivity contribution in [3.05, 3.63) is 0 Å². The van der Waals surface area contributed by atoms with Gasteiger partial charge in [0.1, 0.15) is 12.2 Å². The Morgan fingerprint density at radius 2 is 1.33 bits per heavy atom. The average Bonchev–Trinajstić information content (AvgIpc) is 3.29. The summed E-state index contributed by atoms with van der Waals surface area (Å²) in [5.41, 5.74) is 0. The molecular weight excluding hydrogens is 236 g/mol. The lowest BCUT2D eigenvalue weighted by atomic mass is 10.4. The summed E-state index contributed by atoms with van der Waals surface area (Å²) in [6, 6.07) is 0. The van der Waals surface area contributed by atoms with Gasteiger partial charge in [0.2, 0.25) is 0 Å². The maximum Gasteiger partial charge on any atom is 0.104 e. The standard InChI is InChI=1S/C6H10O3.C4H8O.C3H6O/c1(5-3-8-5)7-2-6-4-9-6;1-2-4-5-3-1;1-3-2-4-3/h5-6H,1-4H2;1-4H2;3H,2H2,1H3. The molecule has 0 aromatic heterocycles. The monoisotopic (exact) mass is 260 g/mol. The first-order chi connectivity index (χ1) is 8.84. The second-order valence-corrected chi connectivity index (χ2v) is 4.91. The quantitative estimate of drug-likeness (QED) is 0.706. The van der Waals surface area contributed by atoms with E-state index in [0.717, 1.165) is 46.2 Å². The Balaban J connectivity index is 0.000000113. The Bertz CT molecular complexity index is 188. The van der Waals surface area contributed by atoms with E-state index in [2.05, 4.69) is 6.92 Å². The van der Waals surface area contributed by atoms with Crippen LogP contribution < -0.4 is 0 Å². The number of ether oxygens (including phenoxy) is 5. The highest BCUT2D eigenvalue weighted by molar-refractivity contribution is 4.71. The van der Waals surface area contributed by atoms with Gasteiger partial charge < -0.3 is 23.7 Å². The second kappa shape index (κ2) is 8.07. The molecule has 106 valence electrons. The summed E-state index contributed by atoms with van der Waals surface area (Å²) < 4.78 is 24.8. The maximum absolute atomic E-state index is 5.23. The van der Waals surface area contributed by atoms with Gasteiger partial charge in [-0.25, -0.2) is 0 Å². The number of rotatable bonds is 4. The lowest BCUT2D eigenvalue weighted by Crippen LogP contribution is -2.06. The molecule has 0 aromatic carbocycles. The third kappa shape index (κ3) is 8.83. The minimum atomic E-state index is 0.392. The first-order valence-electron chi connectivity index (χ1n) is 6.85. The minimum absolute atomic E-state index is 0.392. The zero-order chi connectivity index (χ0) is 12.6. The largest absolute Gasteiger partial charge is 0.381 e. The molecule has 18 heavy (non-hydrogen) atoms. The summed E-state index contributed by atoms with van der Waals surface area (Å²) in [5.74, 6) is 0. The number of hydrogen-bond donors (Lipinski definition) is 0. The van der Waals surface area contributed by atoms with Crippen LogP contribution in [0.5, 0.6) is 0 Å². The zero-order valence-corrected chi connectivity index (χ0v) is 11.1. The van der Waals surface area contributed by atoms with Crippen molar-refractivity contribution < 1.29 is 23.7 Å². The molecule has 4 saturated heterocycles. The summed E-state index contributed by atoms with van der Waals surface area (Å²) >= 11 is 0. The van der Waals surface area contributed by atoms with E-state index in [1.165, 1.54) is 12.8 Å². The molecule has 4 fully saturated rings. The molecule has 0 amide bonds. The van der Waals surface area contributed by atoms with E-state index < -0.39 is 0 Å². The molecule has 4 aliphatic heterocycles. The molecular formula is C13H24O5. The van der Waals surface area contributed by atoms with E-state index in [-0.39, 0.29) is 0 Å². The lowest BCUT2D eigenvalue weighted by Gasteiger charge is -1.95. The van der Waals surface area contributed by atoms with Crippen LogP contribution in [0.3, 0.4) is 0 Å². The van der Waals surface area contributed by atoms with Gasteiger partial charge >= 0.3 is 0 Å². The molecule has 4 aliphatic rings. The Morgan fingerprint density at radius 3 is 1.56 bits per heavy atom. The molecule has 0 saturated carbocycles. The fourth-order valence-electron chi connectivity index (χ4n) is 1.27. The van der Waals surface area contributed by atoms with Crippen LogP contribution in [-0.2, 0) is 23.7 Å². The maximum atomic E-state index is 5.23. The highest BCUT2D eigenvalue weighted by Crippen LogP contribution is 2.12. The lowest BCUT2D eigenvalue weighted by molar-refractivity contribution is 0.102. The number of epoxide rings is 3.